The molecule has 0 fully saturated rings. The molecule has 63 heavy (non-hydrogen) atoms. The van der Waals surface area contributed by atoms with Crippen molar-refractivity contribution in [3.05, 3.63) is 83.7 Å². The fourth-order valence-corrected chi connectivity index (χ4v) is 7.18. The summed E-state index contributed by atoms with van der Waals surface area (Å²) in [4.78, 5) is 75.8. The van der Waals surface area contributed by atoms with Crippen LogP contribution in [0.3, 0.4) is 0 Å². The quantitative estimate of drug-likeness (QED) is 0.0532. The molecule has 0 aliphatic heterocycles. The summed E-state index contributed by atoms with van der Waals surface area (Å²) in [7, 11) is 1.57. The molecule has 0 saturated heterocycles. The number of aliphatic carboxylic acids is 1. The number of aliphatic hydroxyl groups is 1. The lowest BCUT2D eigenvalue weighted by Crippen LogP contribution is -2.49. The molecule has 0 unspecified atom stereocenters. The molecular weight excluding hydrogens is 821 g/mol. The van der Waals surface area contributed by atoms with Crippen molar-refractivity contribution < 1.29 is 47.8 Å². The molecule has 2 aromatic carbocycles. The second kappa shape index (κ2) is 25.3. The number of carbonyl (C=O) groups excluding carboxylic acids is 5. The van der Waals surface area contributed by atoms with Crippen molar-refractivity contribution >= 4 is 35.6 Å². The Hall–Kier alpha value is -5.92. The van der Waals surface area contributed by atoms with Crippen molar-refractivity contribution in [1.29, 1.82) is 0 Å². The highest BCUT2D eigenvalue weighted by Gasteiger charge is 2.37. The maximum Gasteiger partial charge on any atom is 0.326 e. The molecule has 0 saturated carbocycles. The number of aromatic nitrogens is 1. The second-order valence-corrected chi connectivity index (χ2v) is 16.4. The number of nitrogens with one attached hydrogen (secondary N) is 5. The lowest BCUT2D eigenvalue weighted by molar-refractivity contribution is -0.142. The maximum absolute atomic E-state index is 15.1. The standard InChI is InChI=1S/C44H63F2N9O8/c1-44(2,3)39(36-23-29(31-24-30(45)15-16-32(31)46)26-54(36)25-28-11-6-5-7-12-28)55(38(58)27-56)22-18-33(47)40(59)51-21-17-37(57)50-19-9-8-13-35(42(61)62)53-41(60)34(49-4)14-10-20-52-43(48)63/h5-7,11-12,15-16,23-24,26,33-35,39,49,56H,8-10,13-14,17-22,25,27,47H2,1-4H3,(H,50,57)(H,51,59)(H,53,60)(H,61,62)(H3,48,52,63)/t33-,34-,35-,39-/m0/s1. The van der Waals surface area contributed by atoms with E-state index in [1.165, 1.54) is 4.90 Å². The van der Waals surface area contributed by atoms with E-state index < -0.39 is 77.5 Å². The third-order valence-electron chi connectivity index (χ3n) is 10.4. The van der Waals surface area contributed by atoms with Gasteiger partial charge in [0.05, 0.1) is 18.1 Å². The number of primary amides is 1. The Morgan fingerprint density at radius 1 is 0.841 bits per heavy atom. The molecule has 19 heteroatoms. The molecule has 1 heterocycles. The van der Waals surface area contributed by atoms with Gasteiger partial charge in [-0.15, -0.1) is 0 Å². The molecule has 6 amide bonds. The molecule has 17 nitrogen and oxygen atoms in total. The van der Waals surface area contributed by atoms with Crippen molar-refractivity contribution in [2.24, 2.45) is 16.9 Å². The van der Waals surface area contributed by atoms with Crippen LogP contribution in [0.2, 0.25) is 0 Å². The lowest BCUT2D eigenvalue weighted by atomic mass is 9.82. The number of nitrogens with two attached hydrogens (primary N) is 2. The molecule has 4 atom stereocenters. The number of likely N-dealkylation sites (N-methyl/N-ethyl adjacent to an activating group) is 1. The molecule has 3 rings (SSSR count). The van der Waals surface area contributed by atoms with E-state index in [0.29, 0.717) is 43.5 Å². The van der Waals surface area contributed by atoms with E-state index in [0.717, 1.165) is 23.8 Å². The highest BCUT2D eigenvalue weighted by molar-refractivity contribution is 5.87. The van der Waals surface area contributed by atoms with E-state index in [1.54, 1.807) is 19.3 Å². The minimum absolute atomic E-state index is 0.0109. The van der Waals surface area contributed by atoms with Crippen LogP contribution in [-0.2, 0) is 30.5 Å². The van der Waals surface area contributed by atoms with Crippen molar-refractivity contribution in [2.75, 3.05) is 39.8 Å². The SMILES string of the molecule is CN[C@@H](CCCNC(N)=O)C(=O)N[C@@H](CCCCNC(=O)CCNC(=O)[C@@H](N)CCN(C(=O)CO)[C@@H](c1cc(-c2cc(F)ccc2F)cn1Cc1ccccc1)C(C)(C)C)C(=O)O. The average molecular weight is 884 g/mol. The van der Waals surface area contributed by atoms with Gasteiger partial charge in [-0.1, -0.05) is 51.1 Å². The van der Waals surface area contributed by atoms with Gasteiger partial charge in [-0.2, -0.15) is 0 Å². The maximum atomic E-state index is 15.1. The number of rotatable bonds is 26. The van der Waals surface area contributed by atoms with E-state index in [2.05, 4.69) is 26.6 Å². The number of carboxylic acids is 1. The molecule has 1 aromatic heterocycles. The summed E-state index contributed by atoms with van der Waals surface area (Å²) in [5, 5.41) is 32.9. The molecule has 0 radical (unpaired) electrons. The molecule has 0 spiro atoms. The smallest absolute Gasteiger partial charge is 0.326 e. The summed E-state index contributed by atoms with van der Waals surface area (Å²) >= 11 is 0. The lowest BCUT2D eigenvalue weighted by Gasteiger charge is -2.41. The fourth-order valence-electron chi connectivity index (χ4n) is 7.18. The van der Waals surface area contributed by atoms with Gasteiger partial charge in [-0.25, -0.2) is 18.4 Å². The summed E-state index contributed by atoms with van der Waals surface area (Å²) in [5.41, 5.74) is 12.6. The van der Waals surface area contributed by atoms with Gasteiger partial charge in [-0.3, -0.25) is 19.2 Å². The normalized spacial score (nSPS) is 13.3. The van der Waals surface area contributed by atoms with Gasteiger partial charge in [-0.05, 0) is 80.8 Å². The van der Waals surface area contributed by atoms with Gasteiger partial charge in [0.25, 0.3) is 0 Å². The van der Waals surface area contributed by atoms with Gasteiger partial charge >= 0.3 is 12.0 Å². The van der Waals surface area contributed by atoms with E-state index in [1.807, 2.05) is 55.7 Å². The van der Waals surface area contributed by atoms with E-state index in [-0.39, 0.29) is 56.9 Å². The number of nitrogens with zero attached hydrogens (tertiary/aromatic N) is 2. The van der Waals surface area contributed by atoms with Crippen molar-refractivity contribution in [3.8, 4) is 11.1 Å². The van der Waals surface area contributed by atoms with Gasteiger partial charge in [0, 0.05) is 62.2 Å². The predicted octanol–water partition coefficient (Wildman–Crippen LogP) is 2.51. The van der Waals surface area contributed by atoms with Crippen molar-refractivity contribution in [2.45, 2.75) is 96.4 Å². The summed E-state index contributed by atoms with van der Waals surface area (Å²) in [6.45, 7) is 5.63. The van der Waals surface area contributed by atoms with Crippen LogP contribution in [0, 0.1) is 17.0 Å². The van der Waals surface area contributed by atoms with Crippen LogP contribution in [0.4, 0.5) is 13.6 Å². The van der Waals surface area contributed by atoms with Gasteiger partial charge in [0.2, 0.25) is 23.6 Å². The minimum atomic E-state index is -1.20. The Kier molecular flexibility index (Phi) is 20.6. The molecule has 11 N–H and O–H groups in total. The van der Waals surface area contributed by atoms with Crippen molar-refractivity contribution in [1.82, 2.24) is 36.1 Å². The third-order valence-corrected chi connectivity index (χ3v) is 10.4. The summed E-state index contributed by atoms with van der Waals surface area (Å²) in [6.07, 6.45) is 3.34. The molecule has 0 aliphatic carbocycles. The average Bonchev–Trinajstić information content (AvgIpc) is 3.63. The number of carbonyl (C=O) groups is 6. The van der Waals surface area contributed by atoms with Crippen LogP contribution in [0.1, 0.15) is 83.0 Å². The fraction of sp³-hybridized carbons (Fsp3) is 0.500. The minimum Gasteiger partial charge on any atom is -0.480 e. The monoisotopic (exact) mass is 883 g/mol. The molecule has 346 valence electrons. The first-order chi connectivity index (χ1) is 29.9. The van der Waals surface area contributed by atoms with E-state index in [9.17, 15) is 43.4 Å². The Bertz CT molecular complexity index is 1990. The zero-order valence-electron chi connectivity index (χ0n) is 36.4. The topological polar surface area (TPSA) is 263 Å². The highest BCUT2D eigenvalue weighted by atomic mass is 19.1. The van der Waals surface area contributed by atoms with Crippen LogP contribution in [0.25, 0.3) is 11.1 Å². The number of unbranched alkanes of at least 4 members (excludes halogenated alkanes) is 1. The van der Waals surface area contributed by atoms with Crippen LogP contribution in [0.15, 0.2) is 60.8 Å². The number of hydrogen-bond acceptors (Lipinski definition) is 9. The van der Waals surface area contributed by atoms with E-state index >= 15 is 4.39 Å². The van der Waals surface area contributed by atoms with Crippen molar-refractivity contribution in [3.63, 3.8) is 0 Å². The van der Waals surface area contributed by atoms with Crippen LogP contribution in [-0.4, -0.2) is 113 Å². The Balaban J connectivity index is 1.56. The van der Waals surface area contributed by atoms with Gasteiger partial charge < -0.3 is 57.7 Å². The first-order valence-corrected chi connectivity index (χ1v) is 21.0. The van der Waals surface area contributed by atoms with Gasteiger partial charge in [0.1, 0.15) is 24.3 Å². The molecule has 0 bridgehead atoms. The number of carboxylic acid groups (broad SMARTS) is 1. The third kappa shape index (κ3) is 16.7. The van der Waals surface area contributed by atoms with Crippen LogP contribution in [0.5, 0.6) is 0 Å². The zero-order chi connectivity index (χ0) is 46.7. The summed E-state index contributed by atoms with van der Waals surface area (Å²) < 4.78 is 31.3. The number of hydrogen-bond donors (Lipinski definition) is 9. The molecule has 0 aliphatic rings. The highest BCUT2D eigenvalue weighted by Crippen LogP contribution is 2.41. The Morgan fingerprint density at radius 3 is 2.16 bits per heavy atom. The summed E-state index contributed by atoms with van der Waals surface area (Å²) in [6, 6.07) is 10.0. The number of urea groups is 1. The number of halogens is 2. The first kappa shape index (κ1) is 51.4. The molecular formula is C44H63F2N9O8. The second-order valence-electron chi connectivity index (χ2n) is 16.4. The largest absolute Gasteiger partial charge is 0.480 e. The number of amides is 6. The predicted molar refractivity (Wildman–Crippen MR) is 233 cm³/mol. The number of benzene rings is 2. The molecule has 3 aromatic rings. The summed E-state index contributed by atoms with van der Waals surface area (Å²) in [5.74, 6) is -4.48. The van der Waals surface area contributed by atoms with Gasteiger partial charge in [0.15, 0.2) is 0 Å². The van der Waals surface area contributed by atoms with E-state index in [4.69, 9.17) is 11.5 Å². The van der Waals surface area contributed by atoms with Crippen LogP contribution < -0.4 is 38.1 Å². The Labute approximate surface area is 366 Å². The Morgan fingerprint density at radius 2 is 1.52 bits per heavy atom. The van der Waals surface area contributed by atoms with Crippen LogP contribution >= 0.6 is 0 Å². The number of aliphatic hydroxyl groups excluding tert-OH is 1. The zero-order valence-corrected chi connectivity index (χ0v) is 36.4. The first-order valence-electron chi connectivity index (χ1n) is 21.0.